The Labute approximate surface area is 80.5 Å². The van der Waals surface area contributed by atoms with E-state index in [2.05, 4.69) is 18.0 Å². The summed E-state index contributed by atoms with van der Waals surface area (Å²) < 4.78 is 0. The SMILES string of the molecule is CN(CC1CC1)C1CCCC1C#N. The molecule has 2 atom stereocenters. The average molecular weight is 178 g/mol. The minimum atomic E-state index is 0.309. The Kier molecular flexibility index (Phi) is 2.55. The summed E-state index contributed by atoms with van der Waals surface area (Å²) in [6, 6.07) is 3.01. The van der Waals surface area contributed by atoms with Crippen molar-refractivity contribution < 1.29 is 0 Å². The van der Waals surface area contributed by atoms with Gasteiger partial charge in [0.25, 0.3) is 0 Å². The summed E-state index contributed by atoms with van der Waals surface area (Å²) in [4.78, 5) is 2.43. The third kappa shape index (κ3) is 2.03. The second-order valence-electron chi connectivity index (χ2n) is 4.62. The molecule has 0 N–H and O–H groups in total. The molecule has 2 aliphatic carbocycles. The van der Waals surface area contributed by atoms with E-state index < -0.39 is 0 Å². The van der Waals surface area contributed by atoms with Gasteiger partial charge in [0.15, 0.2) is 0 Å². The van der Waals surface area contributed by atoms with Crippen LogP contribution in [-0.2, 0) is 0 Å². The van der Waals surface area contributed by atoms with Gasteiger partial charge in [-0.15, -0.1) is 0 Å². The number of nitriles is 1. The molecule has 2 aliphatic rings. The van der Waals surface area contributed by atoms with E-state index >= 15 is 0 Å². The molecule has 0 aromatic rings. The van der Waals surface area contributed by atoms with Crippen molar-refractivity contribution in [3.8, 4) is 6.07 Å². The molecule has 0 spiro atoms. The molecule has 0 radical (unpaired) electrons. The Bertz CT molecular complexity index is 215. The first-order chi connectivity index (χ1) is 6.31. The Hall–Kier alpha value is -0.550. The van der Waals surface area contributed by atoms with Gasteiger partial charge in [-0.3, -0.25) is 0 Å². The van der Waals surface area contributed by atoms with Crippen molar-refractivity contribution in [2.45, 2.75) is 38.1 Å². The fourth-order valence-electron chi connectivity index (χ4n) is 2.46. The molecule has 2 saturated carbocycles. The lowest BCUT2D eigenvalue weighted by molar-refractivity contribution is 0.212. The van der Waals surface area contributed by atoms with Crippen LogP contribution in [0.5, 0.6) is 0 Å². The van der Waals surface area contributed by atoms with Crippen molar-refractivity contribution in [2.24, 2.45) is 11.8 Å². The van der Waals surface area contributed by atoms with Crippen LogP contribution in [0.4, 0.5) is 0 Å². The summed E-state index contributed by atoms with van der Waals surface area (Å²) in [5.41, 5.74) is 0. The summed E-state index contributed by atoms with van der Waals surface area (Å²) in [5, 5.41) is 8.96. The third-order valence-electron chi connectivity index (χ3n) is 3.45. The van der Waals surface area contributed by atoms with Crippen LogP contribution in [0.2, 0.25) is 0 Å². The van der Waals surface area contributed by atoms with Crippen molar-refractivity contribution in [3.05, 3.63) is 0 Å². The fraction of sp³-hybridized carbons (Fsp3) is 0.909. The molecule has 0 amide bonds. The van der Waals surface area contributed by atoms with Crippen LogP contribution in [0.15, 0.2) is 0 Å². The van der Waals surface area contributed by atoms with E-state index in [9.17, 15) is 0 Å². The van der Waals surface area contributed by atoms with Crippen molar-refractivity contribution >= 4 is 0 Å². The summed E-state index contributed by atoms with van der Waals surface area (Å²) in [5.74, 6) is 1.26. The highest BCUT2D eigenvalue weighted by Gasteiger charge is 2.33. The number of rotatable bonds is 3. The maximum absolute atomic E-state index is 8.96. The zero-order chi connectivity index (χ0) is 9.26. The van der Waals surface area contributed by atoms with Crippen molar-refractivity contribution in [3.63, 3.8) is 0 Å². The smallest absolute Gasteiger partial charge is 0.0672 e. The van der Waals surface area contributed by atoms with Gasteiger partial charge >= 0.3 is 0 Å². The monoisotopic (exact) mass is 178 g/mol. The molecule has 72 valence electrons. The summed E-state index contributed by atoms with van der Waals surface area (Å²) in [6.07, 6.45) is 6.43. The molecular formula is C11H18N2. The Balaban J connectivity index is 1.86. The van der Waals surface area contributed by atoms with Crippen molar-refractivity contribution in [2.75, 3.05) is 13.6 Å². The summed E-state index contributed by atoms with van der Waals surface area (Å²) in [7, 11) is 2.19. The topological polar surface area (TPSA) is 27.0 Å². The first kappa shape index (κ1) is 9.02. The average Bonchev–Trinajstić information content (AvgIpc) is 2.82. The van der Waals surface area contributed by atoms with E-state index in [0.29, 0.717) is 12.0 Å². The zero-order valence-electron chi connectivity index (χ0n) is 8.37. The molecule has 0 aliphatic heterocycles. The van der Waals surface area contributed by atoms with Crippen LogP contribution < -0.4 is 0 Å². The minimum absolute atomic E-state index is 0.309. The van der Waals surface area contributed by atoms with Crippen molar-refractivity contribution in [1.82, 2.24) is 4.90 Å². The maximum atomic E-state index is 8.96. The van der Waals surface area contributed by atoms with Crippen LogP contribution >= 0.6 is 0 Å². The van der Waals surface area contributed by atoms with Gasteiger partial charge in [0.2, 0.25) is 0 Å². The lowest BCUT2D eigenvalue weighted by Crippen LogP contribution is -2.35. The van der Waals surface area contributed by atoms with Gasteiger partial charge < -0.3 is 4.90 Å². The Morgan fingerprint density at radius 1 is 1.31 bits per heavy atom. The number of nitrogens with zero attached hydrogens (tertiary/aromatic N) is 2. The quantitative estimate of drug-likeness (QED) is 0.661. The number of hydrogen-bond donors (Lipinski definition) is 0. The van der Waals surface area contributed by atoms with Gasteiger partial charge in [0, 0.05) is 12.6 Å². The maximum Gasteiger partial charge on any atom is 0.0672 e. The van der Waals surface area contributed by atoms with Gasteiger partial charge in [-0.1, -0.05) is 6.42 Å². The Morgan fingerprint density at radius 2 is 2.08 bits per heavy atom. The summed E-state index contributed by atoms with van der Waals surface area (Å²) >= 11 is 0. The summed E-state index contributed by atoms with van der Waals surface area (Å²) in [6.45, 7) is 1.23. The molecule has 0 aromatic carbocycles. The zero-order valence-corrected chi connectivity index (χ0v) is 8.37. The molecule has 13 heavy (non-hydrogen) atoms. The van der Waals surface area contributed by atoms with Crippen LogP contribution in [0, 0.1) is 23.2 Å². The standard InChI is InChI=1S/C11H18N2/c1-13(8-9-5-6-9)11-4-2-3-10(11)7-12/h9-11H,2-6,8H2,1H3. The second kappa shape index (κ2) is 3.67. The first-order valence-corrected chi connectivity index (χ1v) is 5.41. The fourth-order valence-corrected chi connectivity index (χ4v) is 2.46. The van der Waals surface area contributed by atoms with E-state index in [4.69, 9.17) is 5.26 Å². The molecule has 2 heteroatoms. The van der Waals surface area contributed by atoms with Gasteiger partial charge in [0.05, 0.1) is 12.0 Å². The minimum Gasteiger partial charge on any atom is -0.302 e. The lowest BCUT2D eigenvalue weighted by Gasteiger charge is -2.26. The first-order valence-electron chi connectivity index (χ1n) is 5.41. The molecule has 2 nitrogen and oxygen atoms in total. The van der Waals surface area contributed by atoms with Crippen LogP contribution in [0.25, 0.3) is 0 Å². The van der Waals surface area contributed by atoms with Gasteiger partial charge in [-0.25, -0.2) is 0 Å². The second-order valence-corrected chi connectivity index (χ2v) is 4.62. The number of hydrogen-bond acceptors (Lipinski definition) is 2. The van der Waals surface area contributed by atoms with E-state index in [1.807, 2.05) is 0 Å². The van der Waals surface area contributed by atoms with Crippen molar-refractivity contribution in [1.29, 1.82) is 5.26 Å². The largest absolute Gasteiger partial charge is 0.302 e. The Morgan fingerprint density at radius 3 is 2.69 bits per heavy atom. The predicted octanol–water partition coefficient (Wildman–Crippen LogP) is 2.02. The third-order valence-corrected chi connectivity index (χ3v) is 3.45. The van der Waals surface area contributed by atoms with E-state index in [-0.39, 0.29) is 0 Å². The molecule has 0 heterocycles. The van der Waals surface area contributed by atoms with Gasteiger partial charge in [-0.05, 0) is 38.6 Å². The van der Waals surface area contributed by atoms with Crippen LogP contribution in [0.3, 0.4) is 0 Å². The van der Waals surface area contributed by atoms with E-state index in [1.165, 1.54) is 32.2 Å². The van der Waals surface area contributed by atoms with Gasteiger partial charge in [-0.2, -0.15) is 5.26 Å². The van der Waals surface area contributed by atoms with Crippen LogP contribution in [0.1, 0.15) is 32.1 Å². The highest BCUT2D eigenvalue weighted by molar-refractivity contribution is 4.97. The molecule has 0 saturated heterocycles. The molecule has 2 unspecified atom stereocenters. The molecule has 0 bridgehead atoms. The van der Waals surface area contributed by atoms with E-state index in [1.54, 1.807) is 0 Å². The molecule has 0 aromatic heterocycles. The van der Waals surface area contributed by atoms with Crippen LogP contribution in [-0.4, -0.2) is 24.5 Å². The molecule has 2 fully saturated rings. The lowest BCUT2D eigenvalue weighted by atomic mass is 10.0. The normalized spacial score (nSPS) is 33.6. The predicted molar refractivity (Wildman–Crippen MR) is 52.1 cm³/mol. The van der Waals surface area contributed by atoms with Gasteiger partial charge in [0.1, 0.15) is 0 Å². The van der Waals surface area contributed by atoms with E-state index in [0.717, 1.165) is 12.3 Å². The molecule has 2 rings (SSSR count). The molecular weight excluding hydrogens is 160 g/mol. The highest BCUT2D eigenvalue weighted by Crippen LogP contribution is 2.34. The highest BCUT2D eigenvalue weighted by atomic mass is 15.1.